The smallest absolute Gasteiger partial charge is 0.328 e. The Balaban J connectivity index is 1.64. The average molecular weight is 445 g/mol. The molecule has 0 spiro atoms. The lowest BCUT2D eigenvalue weighted by molar-refractivity contribution is -0.154. The third kappa shape index (κ3) is 5.64. The van der Waals surface area contributed by atoms with Crippen LogP contribution in [0.5, 0.6) is 11.5 Å². The van der Waals surface area contributed by atoms with E-state index in [0.717, 1.165) is 6.42 Å². The molecule has 4 atom stereocenters. The number of esters is 1. The molecule has 1 saturated carbocycles. The maximum atomic E-state index is 12.8. The molecule has 2 N–H and O–H groups in total. The van der Waals surface area contributed by atoms with Gasteiger partial charge in [0, 0.05) is 18.2 Å². The number of carbonyl (C=O) groups excluding carboxylic acids is 1. The molecule has 0 radical (unpaired) electrons. The minimum atomic E-state index is -0.673. The van der Waals surface area contributed by atoms with E-state index < -0.39 is 6.04 Å². The van der Waals surface area contributed by atoms with Crippen LogP contribution in [0.1, 0.15) is 51.6 Å². The Kier molecular flexibility index (Phi) is 8.07. The third-order valence-electron chi connectivity index (χ3n) is 6.32. The summed E-state index contributed by atoms with van der Waals surface area (Å²) in [6.07, 6.45) is 15.8. The zero-order valence-electron chi connectivity index (χ0n) is 18.4. The van der Waals surface area contributed by atoms with Crippen LogP contribution < -0.4 is 10.1 Å². The van der Waals surface area contributed by atoms with E-state index in [1.165, 1.54) is 39.0 Å². The first-order valence-electron chi connectivity index (χ1n) is 11.0. The van der Waals surface area contributed by atoms with Crippen molar-refractivity contribution in [2.45, 2.75) is 58.1 Å². The molecule has 0 bridgehead atoms. The van der Waals surface area contributed by atoms with Gasteiger partial charge in [-0.2, -0.15) is 0 Å². The van der Waals surface area contributed by atoms with Crippen molar-refractivity contribution in [3.8, 4) is 11.5 Å². The van der Waals surface area contributed by atoms with E-state index in [0.29, 0.717) is 17.8 Å². The maximum absolute atomic E-state index is 12.8. The number of nitrogens with zero attached hydrogens (tertiary/aromatic N) is 1. The van der Waals surface area contributed by atoms with Gasteiger partial charge in [-0.15, -0.1) is 0 Å². The number of hydrogen-bond donors (Lipinski definition) is 2. The fourth-order valence-corrected chi connectivity index (χ4v) is 5.09. The monoisotopic (exact) mass is 444 g/mol. The number of aromatic hydroxyl groups is 1. The van der Waals surface area contributed by atoms with Gasteiger partial charge < -0.3 is 19.9 Å². The molecular formula is C24H32N2O4S. The highest BCUT2D eigenvalue weighted by molar-refractivity contribution is 7.80. The van der Waals surface area contributed by atoms with Crippen LogP contribution in [0.15, 0.2) is 36.6 Å². The molecule has 31 heavy (non-hydrogen) atoms. The van der Waals surface area contributed by atoms with Crippen LogP contribution in [-0.4, -0.2) is 40.3 Å². The zero-order chi connectivity index (χ0) is 22.4. The van der Waals surface area contributed by atoms with Crippen LogP contribution in [0.4, 0.5) is 0 Å². The Morgan fingerprint density at radius 2 is 2.03 bits per heavy atom. The first kappa shape index (κ1) is 23.3. The molecule has 0 aromatic carbocycles. The van der Waals surface area contributed by atoms with Crippen molar-refractivity contribution in [1.29, 1.82) is 0 Å². The van der Waals surface area contributed by atoms with E-state index in [9.17, 15) is 9.90 Å². The van der Waals surface area contributed by atoms with Gasteiger partial charge in [0.2, 0.25) is 0 Å². The molecule has 1 aromatic rings. The number of methoxy groups -OCH3 is 1. The fourth-order valence-electron chi connectivity index (χ4n) is 4.76. The first-order valence-corrected chi connectivity index (χ1v) is 11.4. The highest BCUT2D eigenvalue weighted by Crippen LogP contribution is 2.40. The van der Waals surface area contributed by atoms with Gasteiger partial charge in [-0.25, -0.2) is 9.78 Å². The Morgan fingerprint density at radius 3 is 2.68 bits per heavy atom. The van der Waals surface area contributed by atoms with Crippen LogP contribution in [0, 0.1) is 17.8 Å². The van der Waals surface area contributed by atoms with Crippen LogP contribution in [0.25, 0.3) is 0 Å². The highest BCUT2D eigenvalue weighted by Gasteiger charge is 2.36. The van der Waals surface area contributed by atoms with Crippen LogP contribution in [-0.2, 0) is 9.53 Å². The summed E-state index contributed by atoms with van der Waals surface area (Å²) in [7, 11) is 1.45. The number of allylic oxidation sites excluding steroid dienone is 4. The predicted octanol–water partition coefficient (Wildman–Crippen LogP) is 4.32. The molecule has 6 nitrogen and oxygen atoms in total. The molecule has 1 aromatic heterocycles. The fraction of sp³-hybridized carbons (Fsp3) is 0.542. The normalized spacial score (nSPS) is 21.3. The molecule has 1 unspecified atom stereocenters. The number of thiocarbonyl (C=S) groups is 1. The highest BCUT2D eigenvalue weighted by atomic mass is 32.1. The number of pyridine rings is 1. The zero-order valence-corrected chi connectivity index (χ0v) is 19.2. The summed E-state index contributed by atoms with van der Waals surface area (Å²) in [5, 5.41) is 13.2. The van der Waals surface area contributed by atoms with Crippen molar-refractivity contribution in [2.24, 2.45) is 17.8 Å². The van der Waals surface area contributed by atoms with Crippen molar-refractivity contribution in [1.82, 2.24) is 10.3 Å². The molecule has 2 aliphatic carbocycles. The van der Waals surface area contributed by atoms with Crippen LogP contribution in [0.2, 0.25) is 0 Å². The summed E-state index contributed by atoms with van der Waals surface area (Å²) in [4.78, 5) is 17.1. The summed E-state index contributed by atoms with van der Waals surface area (Å²) in [5.41, 5.74) is 0.171. The summed E-state index contributed by atoms with van der Waals surface area (Å²) in [5.74, 6) is 1.01. The van der Waals surface area contributed by atoms with E-state index in [1.54, 1.807) is 13.0 Å². The standard InChI is InChI=1S/C24H32N2O4S/c1-15(26-23(31)21-22(27)19(29-3)13-14-25-21)24(28)30-16(2)20(18-11-7-8-12-18)17-9-5-4-6-10-17/h4-6,9,13-18,20,27H,7-8,10-12H2,1-3H3,(H,26,31)/t15-,16-,17?,20-/m0/s1. The summed E-state index contributed by atoms with van der Waals surface area (Å²) in [6, 6.07) is 0.868. The van der Waals surface area contributed by atoms with E-state index >= 15 is 0 Å². The first-order chi connectivity index (χ1) is 14.9. The largest absolute Gasteiger partial charge is 0.503 e. The lowest BCUT2D eigenvalue weighted by Gasteiger charge is -2.35. The molecule has 3 rings (SSSR count). The second-order valence-corrected chi connectivity index (χ2v) is 8.79. The topological polar surface area (TPSA) is 80.7 Å². The predicted molar refractivity (Wildman–Crippen MR) is 124 cm³/mol. The van der Waals surface area contributed by atoms with E-state index in [4.69, 9.17) is 21.7 Å². The lowest BCUT2D eigenvalue weighted by atomic mass is 9.74. The molecule has 2 aliphatic rings. The Hall–Kier alpha value is -2.41. The van der Waals surface area contributed by atoms with E-state index in [2.05, 4.69) is 34.6 Å². The Labute approximate surface area is 189 Å². The van der Waals surface area contributed by atoms with E-state index in [1.807, 2.05) is 6.92 Å². The number of aromatic nitrogens is 1. The number of carbonyl (C=O) groups is 1. The molecule has 7 heteroatoms. The second kappa shape index (κ2) is 10.8. The molecule has 0 saturated heterocycles. The van der Waals surface area contributed by atoms with Gasteiger partial charge in [0.05, 0.1) is 7.11 Å². The minimum absolute atomic E-state index is 0.158. The number of rotatable bonds is 8. The summed E-state index contributed by atoms with van der Waals surface area (Å²) in [6.45, 7) is 3.71. The Morgan fingerprint density at radius 1 is 1.29 bits per heavy atom. The van der Waals surface area contributed by atoms with Gasteiger partial charge in [-0.1, -0.05) is 62.2 Å². The lowest BCUT2D eigenvalue weighted by Crippen LogP contribution is -2.43. The second-order valence-electron chi connectivity index (χ2n) is 8.38. The minimum Gasteiger partial charge on any atom is -0.503 e. The third-order valence-corrected chi connectivity index (χ3v) is 6.63. The van der Waals surface area contributed by atoms with Crippen molar-refractivity contribution in [2.75, 3.05) is 7.11 Å². The van der Waals surface area contributed by atoms with Crippen molar-refractivity contribution < 1.29 is 19.4 Å². The number of nitrogens with one attached hydrogen (secondary N) is 1. The average Bonchev–Trinajstić information content (AvgIpc) is 3.28. The van der Waals surface area contributed by atoms with Gasteiger partial charge >= 0.3 is 5.97 Å². The van der Waals surface area contributed by atoms with Crippen LogP contribution >= 0.6 is 12.2 Å². The molecule has 1 heterocycles. The SMILES string of the molecule is COc1ccnc(C(=S)N[C@@H](C)C(=O)O[C@@H](C)[C@@H](C2C=CC=CC2)C2CCCC2)c1O. The van der Waals surface area contributed by atoms with Crippen molar-refractivity contribution in [3.63, 3.8) is 0 Å². The number of ether oxygens (including phenoxy) is 2. The molecule has 168 valence electrons. The molecule has 1 fully saturated rings. The quantitative estimate of drug-likeness (QED) is 0.456. The summed E-state index contributed by atoms with van der Waals surface area (Å²) >= 11 is 5.35. The van der Waals surface area contributed by atoms with Crippen molar-refractivity contribution in [3.05, 3.63) is 42.3 Å². The molecular weight excluding hydrogens is 412 g/mol. The van der Waals surface area contributed by atoms with Gasteiger partial charge in [-0.05, 0) is 32.1 Å². The van der Waals surface area contributed by atoms with Gasteiger partial charge in [-0.3, -0.25) is 0 Å². The summed E-state index contributed by atoms with van der Waals surface area (Å²) < 4.78 is 11.0. The van der Waals surface area contributed by atoms with Crippen LogP contribution in [0.3, 0.4) is 0 Å². The van der Waals surface area contributed by atoms with Gasteiger partial charge in [0.25, 0.3) is 0 Å². The van der Waals surface area contributed by atoms with Gasteiger partial charge in [0.1, 0.15) is 22.8 Å². The van der Waals surface area contributed by atoms with Gasteiger partial charge in [0.15, 0.2) is 11.5 Å². The van der Waals surface area contributed by atoms with Crippen molar-refractivity contribution >= 4 is 23.2 Å². The molecule has 0 aliphatic heterocycles. The number of hydrogen-bond acceptors (Lipinski definition) is 6. The Bertz CT molecular complexity index is 848. The molecule has 0 amide bonds. The maximum Gasteiger partial charge on any atom is 0.328 e. The van der Waals surface area contributed by atoms with E-state index in [-0.39, 0.29) is 34.3 Å².